The van der Waals surface area contributed by atoms with E-state index in [-0.39, 0.29) is 0 Å². The molecule has 1 aromatic carbocycles. The van der Waals surface area contributed by atoms with Crippen LogP contribution in [0.3, 0.4) is 0 Å². The van der Waals surface area contributed by atoms with Crippen molar-refractivity contribution in [3.8, 4) is 0 Å². The van der Waals surface area contributed by atoms with Gasteiger partial charge in [0.25, 0.3) is 0 Å². The average molecular weight is 604 g/mol. The van der Waals surface area contributed by atoms with Crippen LogP contribution in [-0.4, -0.2) is 32.1 Å². The number of pyridine rings is 3. The van der Waals surface area contributed by atoms with E-state index in [1.807, 2.05) is 54.6 Å². The van der Waals surface area contributed by atoms with Crippen LogP contribution in [0.4, 0.5) is 17.5 Å². The van der Waals surface area contributed by atoms with E-state index in [1.54, 1.807) is 18.6 Å². The smallest absolute Gasteiger partial charge is 0.146 e. The van der Waals surface area contributed by atoms with Crippen molar-refractivity contribution in [1.29, 1.82) is 0 Å². The van der Waals surface area contributed by atoms with Crippen LogP contribution >= 0.6 is 0 Å². The predicted molar refractivity (Wildman–Crippen MR) is 189 cm³/mol. The Morgan fingerprint density at radius 1 is 0.489 bits per heavy atom. The molecule has 0 spiro atoms. The van der Waals surface area contributed by atoms with Gasteiger partial charge in [-0.3, -0.25) is 16.3 Å². The maximum Gasteiger partial charge on any atom is 0.146 e. The fraction of sp³-hybridized carbons (Fsp3) is 0.333. The predicted octanol–water partition coefficient (Wildman–Crippen LogP) is 8.06. The first-order valence-corrected chi connectivity index (χ1v) is 15.5. The summed E-state index contributed by atoms with van der Waals surface area (Å²) in [6.07, 6.45) is 10.6. The third kappa shape index (κ3) is 10.1. The summed E-state index contributed by atoms with van der Waals surface area (Å²) in [4.78, 5) is 12.9. The zero-order chi connectivity index (χ0) is 32.0. The molecule has 0 amide bonds. The average Bonchev–Trinajstić information content (AvgIpc) is 3.06. The maximum atomic E-state index is 4.59. The van der Waals surface area contributed by atoms with E-state index in [2.05, 4.69) is 88.1 Å². The Bertz CT molecular complexity index is 1400. The Morgan fingerprint density at radius 2 is 0.778 bits per heavy atom. The Labute approximate surface area is 267 Å². The molecule has 4 rings (SSSR count). The first kappa shape index (κ1) is 33.0. The van der Waals surface area contributed by atoms with Gasteiger partial charge in [0, 0.05) is 35.7 Å². The topological polar surface area (TPSA) is 112 Å². The van der Waals surface area contributed by atoms with E-state index in [1.165, 1.54) is 33.4 Å². The Balaban J connectivity index is 1.53. The minimum atomic E-state index is 0.744. The fourth-order valence-electron chi connectivity index (χ4n) is 5.35. The van der Waals surface area contributed by atoms with Crippen LogP contribution in [-0.2, 0) is 19.3 Å². The van der Waals surface area contributed by atoms with Crippen LogP contribution in [0, 0.1) is 20.8 Å². The summed E-state index contributed by atoms with van der Waals surface area (Å²) >= 11 is 0. The van der Waals surface area contributed by atoms with Crippen molar-refractivity contribution in [3.05, 3.63) is 107 Å². The van der Waals surface area contributed by atoms with Crippen molar-refractivity contribution >= 4 is 34.6 Å². The number of nitrogens with zero attached hydrogens (tertiary/aromatic N) is 6. The molecule has 0 unspecified atom stereocenters. The molecular formula is C36H45N9. The number of hydrogen-bond acceptors (Lipinski definition) is 9. The molecule has 0 aliphatic carbocycles. The molecule has 3 aromatic heterocycles. The minimum absolute atomic E-state index is 0.744. The molecule has 45 heavy (non-hydrogen) atoms. The summed E-state index contributed by atoms with van der Waals surface area (Å²) in [7, 11) is 0. The van der Waals surface area contributed by atoms with Crippen LogP contribution in [0.2, 0.25) is 0 Å². The van der Waals surface area contributed by atoms with Crippen molar-refractivity contribution < 1.29 is 0 Å². The van der Waals surface area contributed by atoms with Gasteiger partial charge in [-0.1, -0.05) is 18.2 Å². The molecule has 9 heteroatoms. The summed E-state index contributed by atoms with van der Waals surface area (Å²) in [5, 5.41) is 13.8. The normalized spacial score (nSPS) is 12.3. The molecule has 0 fully saturated rings. The molecule has 0 atom stereocenters. The number of rotatable bonds is 15. The van der Waals surface area contributed by atoms with Crippen molar-refractivity contribution in [2.45, 2.75) is 80.1 Å². The minimum Gasteiger partial charge on any atom is -0.261 e. The Kier molecular flexibility index (Phi) is 12.3. The molecule has 0 radical (unpaired) electrons. The maximum absolute atomic E-state index is 4.59. The van der Waals surface area contributed by atoms with E-state index in [0.29, 0.717) is 0 Å². The lowest BCUT2D eigenvalue weighted by molar-refractivity contribution is 0.901. The highest BCUT2D eigenvalue weighted by atomic mass is 15.3. The van der Waals surface area contributed by atoms with Crippen LogP contribution in [0.1, 0.15) is 73.4 Å². The first-order chi connectivity index (χ1) is 21.8. The van der Waals surface area contributed by atoms with Gasteiger partial charge in [-0.25, -0.2) is 15.0 Å². The standard InChI is InChI=1S/C36H45N9/c1-25(40-43-34-13-7-10-22-37-34)16-19-31-28(4)32(20-17-26(2)41-44-35-14-8-11-23-38-35)30(6)33(29(31)5)21-18-27(3)42-45-36-15-9-12-24-39-36/h7-15,22-24H,16-21H2,1-6H3,(H,37,43)(H,38,44)(H,39,45)/b40-25+,41-26+,42-27+. The monoisotopic (exact) mass is 603 g/mol. The van der Waals surface area contributed by atoms with Gasteiger partial charge in [0.05, 0.1) is 0 Å². The molecule has 234 valence electrons. The van der Waals surface area contributed by atoms with E-state index in [0.717, 1.165) is 73.1 Å². The zero-order valence-corrected chi connectivity index (χ0v) is 27.4. The van der Waals surface area contributed by atoms with Crippen LogP contribution in [0.15, 0.2) is 88.5 Å². The summed E-state index contributed by atoms with van der Waals surface area (Å²) in [5.41, 5.74) is 20.7. The molecular weight excluding hydrogens is 558 g/mol. The zero-order valence-electron chi connectivity index (χ0n) is 27.4. The van der Waals surface area contributed by atoms with Crippen LogP contribution in [0.25, 0.3) is 0 Å². The first-order valence-electron chi connectivity index (χ1n) is 15.5. The van der Waals surface area contributed by atoms with Crippen LogP contribution in [0.5, 0.6) is 0 Å². The highest BCUT2D eigenvalue weighted by Gasteiger charge is 2.18. The van der Waals surface area contributed by atoms with Gasteiger partial charge in [0.15, 0.2) is 0 Å². The third-order valence-corrected chi connectivity index (χ3v) is 8.01. The van der Waals surface area contributed by atoms with Crippen LogP contribution < -0.4 is 16.3 Å². The number of anilines is 3. The quantitative estimate of drug-likeness (QED) is 0.0936. The van der Waals surface area contributed by atoms with E-state index in [4.69, 9.17) is 0 Å². The Morgan fingerprint density at radius 3 is 1.02 bits per heavy atom. The molecule has 3 heterocycles. The SMILES string of the molecule is C/C(CCc1c(C)c(CC/C(C)=N/Nc2ccccn2)c(C)c(CC/C(C)=N/Nc2ccccn2)c1C)=N\Nc1ccccn1. The lowest BCUT2D eigenvalue weighted by Gasteiger charge is -2.23. The number of benzene rings is 1. The van der Waals surface area contributed by atoms with E-state index >= 15 is 0 Å². The van der Waals surface area contributed by atoms with Crippen molar-refractivity contribution in [3.63, 3.8) is 0 Å². The summed E-state index contributed by atoms with van der Waals surface area (Å²) in [6, 6.07) is 17.3. The summed E-state index contributed by atoms with van der Waals surface area (Å²) in [5.74, 6) is 2.23. The van der Waals surface area contributed by atoms with Gasteiger partial charge in [-0.05, 0) is 150 Å². The highest BCUT2D eigenvalue weighted by Crippen LogP contribution is 2.30. The largest absolute Gasteiger partial charge is 0.261 e. The second-order valence-corrected chi connectivity index (χ2v) is 11.3. The van der Waals surface area contributed by atoms with Crippen molar-refractivity contribution in [1.82, 2.24) is 15.0 Å². The molecule has 9 nitrogen and oxygen atoms in total. The van der Waals surface area contributed by atoms with Gasteiger partial charge in [-0.2, -0.15) is 15.3 Å². The van der Waals surface area contributed by atoms with E-state index in [9.17, 15) is 0 Å². The highest BCUT2D eigenvalue weighted by molar-refractivity contribution is 5.84. The number of nitrogens with one attached hydrogen (secondary N) is 3. The second-order valence-electron chi connectivity index (χ2n) is 11.3. The van der Waals surface area contributed by atoms with Gasteiger partial charge in [-0.15, -0.1) is 0 Å². The van der Waals surface area contributed by atoms with Gasteiger partial charge in [0.2, 0.25) is 0 Å². The molecule has 0 bridgehead atoms. The molecule has 0 saturated carbocycles. The fourth-order valence-corrected chi connectivity index (χ4v) is 5.35. The third-order valence-electron chi connectivity index (χ3n) is 8.01. The molecule has 3 N–H and O–H groups in total. The van der Waals surface area contributed by atoms with Gasteiger partial charge in [0.1, 0.15) is 17.5 Å². The second kappa shape index (κ2) is 16.8. The van der Waals surface area contributed by atoms with Gasteiger partial charge < -0.3 is 0 Å². The number of aromatic nitrogens is 3. The number of hydrogen-bond donors (Lipinski definition) is 3. The molecule has 0 aliphatic heterocycles. The summed E-state index contributed by atoms with van der Waals surface area (Å²) < 4.78 is 0. The molecule has 0 saturated heterocycles. The molecule has 0 aliphatic rings. The van der Waals surface area contributed by atoms with Gasteiger partial charge >= 0.3 is 0 Å². The lowest BCUT2D eigenvalue weighted by Crippen LogP contribution is -2.12. The van der Waals surface area contributed by atoms with Crippen molar-refractivity contribution in [2.24, 2.45) is 15.3 Å². The number of hydrazone groups is 3. The van der Waals surface area contributed by atoms with E-state index < -0.39 is 0 Å². The Hall–Kier alpha value is -4.92. The molecule has 4 aromatic rings. The summed E-state index contributed by atoms with van der Waals surface area (Å²) in [6.45, 7) is 13.0. The lowest BCUT2D eigenvalue weighted by atomic mass is 9.83. The van der Waals surface area contributed by atoms with Crippen molar-refractivity contribution in [2.75, 3.05) is 16.3 Å².